The molecule has 0 bridgehead atoms. The van der Waals surface area contributed by atoms with E-state index in [4.69, 9.17) is 0 Å². The molecule has 1 N–H and O–H groups in total. The van der Waals surface area contributed by atoms with Crippen LogP contribution in [0.15, 0.2) is 0 Å². The maximum absolute atomic E-state index is 9.86. The Morgan fingerprint density at radius 2 is 2.18 bits per heavy atom. The molecule has 0 aromatic heterocycles. The minimum absolute atomic E-state index is 0.209. The highest BCUT2D eigenvalue weighted by molar-refractivity contribution is 5.08. The summed E-state index contributed by atoms with van der Waals surface area (Å²) >= 11 is 0. The first-order chi connectivity index (χ1) is 5.17. The molecule has 1 nitrogen and oxygen atoms in total. The molecule has 1 heteroatoms. The van der Waals surface area contributed by atoms with Gasteiger partial charge in [0.25, 0.3) is 0 Å². The lowest BCUT2D eigenvalue weighted by Crippen LogP contribution is -2.36. The Bertz CT molecular complexity index is 183. The van der Waals surface area contributed by atoms with Crippen molar-refractivity contribution in [2.45, 2.75) is 45.1 Å². The fraction of sp³-hybridized carbons (Fsp3) is 0.800. The van der Waals surface area contributed by atoms with Crippen LogP contribution in [0.3, 0.4) is 0 Å². The first-order valence-corrected chi connectivity index (χ1v) is 4.31. The molecule has 0 radical (unpaired) electrons. The smallest absolute Gasteiger partial charge is 0.0756 e. The quantitative estimate of drug-likeness (QED) is 0.526. The molecule has 62 valence electrons. The van der Waals surface area contributed by atoms with Crippen LogP contribution in [0, 0.1) is 17.8 Å². The lowest BCUT2D eigenvalue weighted by atomic mass is 9.77. The van der Waals surface area contributed by atoms with Crippen molar-refractivity contribution in [3.05, 3.63) is 0 Å². The van der Waals surface area contributed by atoms with E-state index in [1.165, 1.54) is 6.42 Å². The van der Waals surface area contributed by atoms with Gasteiger partial charge >= 0.3 is 0 Å². The van der Waals surface area contributed by atoms with Crippen molar-refractivity contribution in [3.8, 4) is 11.8 Å². The van der Waals surface area contributed by atoms with E-state index in [0.29, 0.717) is 0 Å². The zero-order valence-corrected chi connectivity index (χ0v) is 7.35. The molecule has 0 aromatic carbocycles. The molecule has 0 spiro atoms. The van der Waals surface area contributed by atoms with Gasteiger partial charge in [0.1, 0.15) is 0 Å². The summed E-state index contributed by atoms with van der Waals surface area (Å²) in [6.45, 7) is 3.74. The highest BCUT2D eigenvalue weighted by atomic mass is 16.3. The van der Waals surface area contributed by atoms with Crippen LogP contribution in [0.5, 0.6) is 0 Å². The van der Waals surface area contributed by atoms with Gasteiger partial charge in [0.05, 0.1) is 5.60 Å². The predicted octanol–water partition coefficient (Wildman–Crippen LogP) is 1.95. The van der Waals surface area contributed by atoms with Gasteiger partial charge in [-0.15, -0.1) is 5.92 Å². The van der Waals surface area contributed by atoms with Gasteiger partial charge in [-0.25, -0.2) is 0 Å². The zero-order chi connectivity index (χ0) is 8.32. The predicted molar refractivity (Wildman–Crippen MR) is 46.0 cm³/mol. The summed E-state index contributed by atoms with van der Waals surface area (Å²) in [6.07, 6.45) is 4.34. The average Bonchev–Trinajstić information content (AvgIpc) is 1.94. The summed E-state index contributed by atoms with van der Waals surface area (Å²) in [6, 6.07) is 0. The molecule has 1 rings (SSSR count). The Hall–Kier alpha value is -0.480. The SMILES string of the molecule is CC#CC1CCCCC1(C)O. The van der Waals surface area contributed by atoms with E-state index < -0.39 is 5.60 Å². The largest absolute Gasteiger partial charge is 0.389 e. The lowest BCUT2D eigenvalue weighted by Gasteiger charge is -2.33. The molecule has 0 aliphatic heterocycles. The second kappa shape index (κ2) is 3.28. The molecule has 1 saturated carbocycles. The van der Waals surface area contributed by atoms with E-state index in [2.05, 4.69) is 11.8 Å². The van der Waals surface area contributed by atoms with Gasteiger partial charge < -0.3 is 5.11 Å². The summed E-state index contributed by atoms with van der Waals surface area (Å²) in [4.78, 5) is 0. The summed E-state index contributed by atoms with van der Waals surface area (Å²) in [5.41, 5.74) is -0.527. The summed E-state index contributed by atoms with van der Waals surface area (Å²) in [5.74, 6) is 6.17. The van der Waals surface area contributed by atoms with Gasteiger partial charge in [0.15, 0.2) is 0 Å². The van der Waals surface area contributed by atoms with Crippen LogP contribution in [0.25, 0.3) is 0 Å². The first-order valence-electron chi connectivity index (χ1n) is 4.31. The second-order valence-electron chi connectivity index (χ2n) is 3.55. The Balaban J connectivity index is 2.64. The van der Waals surface area contributed by atoms with Crippen LogP contribution in [-0.4, -0.2) is 10.7 Å². The molecule has 2 atom stereocenters. The maximum atomic E-state index is 9.86. The summed E-state index contributed by atoms with van der Waals surface area (Å²) in [7, 11) is 0. The molecule has 11 heavy (non-hydrogen) atoms. The molecule has 0 aromatic rings. The highest BCUT2D eigenvalue weighted by Gasteiger charge is 2.32. The van der Waals surface area contributed by atoms with Crippen molar-refractivity contribution >= 4 is 0 Å². The monoisotopic (exact) mass is 152 g/mol. The molecule has 0 heterocycles. The van der Waals surface area contributed by atoms with Gasteiger partial charge in [0, 0.05) is 5.92 Å². The normalized spacial score (nSPS) is 37.5. The number of aliphatic hydroxyl groups is 1. The third-order valence-corrected chi connectivity index (χ3v) is 2.49. The van der Waals surface area contributed by atoms with Crippen LogP contribution in [0.4, 0.5) is 0 Å². The highest BCUT2D eigenvalue weighted by Crippen LogP contribution is 2.32. The molecule has 0 saturated heterocycles. The Labute approximate surface area is 68.8 Å². The fourth-order valence-corrected chi connectivity index (χ4v) is 1.72. The van der Waals surface area contributed by atoms with Crippen molar-refractivity contribution in [3.63, 3.8) is 0 Å². The summed E-state index contributed by atoms with van der Waals surface area (Å²) in [5, 5.41) is 9.86. The van der Waals surface area contributed by atoms with Gasteiger partial charge in [-0.2, -0.15) is 0 Å². The van der Waals surface area contributed by atoms with Crippen LogP contribution in [-0.2, 0) is 0 Å². The molecule has 1 fully saturated rings. The van der Waals surface area contributed by atoms with Gasteiger partial charge in [-0.05, 0) is 26.7 Å². The van der Waals surface area contributed by atoms with Crippen LogP contribution >= 0.6 is 0 Å². The number of hydrogen-bond donors (Lipinski definition) is 1. The molecule has 0 amide bonds. The zero-order valence-electron chi connectivity index (χ0n) is 7.35. The Kier molecular flexibility index (Phi) is 2.57. The lowest BCUT2D eigenvalue weighted by molar-refractivity contribution is -0.00846. The molecule has 2 unspecified atom stereocenters. The van der Waals surface area contributed by atoms with E-state index in [-0.39, 0.29) is 5.92 Å². The van der Waals surface area contributed by atoms with Gasteiger partial charge in [-0.3, -0.25) is 0 Å². The van der Waals surface area contributed by atoms with Gasteiger partial charge in [-0.1, -0.05) is 18.8 Å². The Morgan fingerprint density at radius 1 is 1.45 bits per heavy atom. The third-order valence-electron chi connectivity index (χ3n) is 2.49. The molecule has 1 aliphatic carbocycles. The second-order valence-corrected chi connectivity index (χ2v) is 3.55. The van der Waals surface area contributed by atoms with E-state index in [1.807, 2.05) is 13.8 Å². The van der Waals surface area contributed by atoms with Gasteiger partial charge in [0.2, 0.25) is 0 Å². The van der Waals surface area contributed by atoms with E-state index in [0.717, 1.165) is 19.3 Å². The third kappa shape index (κ3) is 1.97. The maximum Gasteiger partial charge on any atom is 0.0756 e. The van der Waals surface area contributed by atoms with E-state index in [1.54, 1.807) is 0 Å². The minimum Gasteiger partial charge on any atom is -0.389 e. The standard InChI is InChI=1S/C10H16O/c1-3-6-9-7-4-5-8-10(9,2)11/h9,11H,4-5,7-8H2,1-2H3. The summed E-state index contributed by atoms with van der Waals surface area (Å²) < 4.78 is 0. The van der Waals surface area contributed by atoms with Crippen molar-refractivity contribution in [2.24, 2.45) is 5.92 Å². The van der Waals surface area contributed by atoms with Crippen molar-refractivity contribution in [1.82, 2.24) is 0 Å². The Morgan fingerprint density at radius 3 is 2.73 bits per heavy atom. The van der Waals surface area contributed by atoms with E-state index >= 15 is 0 Å². The fourth-order valence-electron chi connectivity index (χ4n) is 1.72. The number of hydrogen-bond acceptors (Lipinski definition) is 1. The van der Waals surface area contributed by atoms with Crippen molar-refractivity contribution < 1.29 is 5.11 Å². The molecule has 1 aliphatic rings. The van der Waals surface area contributed by atoms with Crippen molar-refractivity contribution in [2.75, 3.05) is 0 Å². The minimum atomic E-state index is -0.527. The van der Waals surface area contributed by atoms with E-state index in [9.17, 15) is 5.11 Å². The topological polar surface area (TPSA) is 20.2 Å². The van der Waals surface area contributed by atoms with Crippen molar-refractivity contribution in [1.29, 1.82) is 0 Å². The molecular formula is C10H16O. The molecular weight excluding hydrogens is 136 g/mol. The van der Waals surface area contributed by atoms with Crippen LogP contribution < -0.4 is 0 Å². The van der Waals surface area contributed by atoms with Crippen LogP contribution in [0.2, 0.25) is 0 Å². The number of rotatable bonds is 0. The first kappa shape index (κ1) is 8.62. The van der Waals surface area contributed by atoms with Crippen LogP contribution in [0.1, 0.15) is 39.5 Å². The average molecular weight is 152 g/mol.